The smallest absolute Gasteiger partial charge is 0.234 e. The Bertz CT molecular complexity index is 440. The van der Waals surface area contributed by atoms with Crippen LogP contribution in [0.5, 0.6) is 0 Å². The molecular formula is C19H33N3O2. The Morgan fingerprint density at radius 1 is 1.04 bits per heavy atom. The minimum absolute atomic E-state index is 0.157. The highest BCUT2D eigenvalue weighted by atomic mass is 16.2. The van der Waals surface area contributed by atoms with Crippen LogP contribution in [-0.4, -0.2) is 60.4 Å². The normalized spacial score (nSPS) is 28.5. The SMILES string of the molecule is O=C(CN1CCC[C@@H]2CCC[C@H]21)NCCCN1CCCCCC1=O. The Kier molecular flexibility index (Phi) is 6.52. The van der Waals surface area contributed by atoms with Gasteiger partial charge < -0.3 is 10.2 Å². The molecule has 5 nitrogen and oxygen atoms in total. The average Bonchev–Trinajstić information content (AvgIpc) is 2.97. The van der Waals surface area contributed by atoms with Gasteiger partial charge in [0.05, 0.1) is 6.54 Å². The van der Waals surface area contributed by atoms with Gasteiger partial charge in [-0.2, -0.15) is 0 Å². The van der Waals surface area contributed by atoms with Crippen LogP contribution in [-0.2, 0) is 9.59 Å². The van der Waals surface area contributed by atoms with Crippen molar-refractivity contribution >= 4 is 11.8 Å². The molecule has 0 aromatic rings. The first-order valence-corrected chi connectivity index (χ1v) is 10.0. The van der Waals surface area contributed by atoms with Crippen LogP contribution in [0.1, 0.15) is 64.2 Å². The summed E-state index contributed by atoms with van der Waals surface area (Å²) in [7, 11) is 0. The Labute approximate surface area is 146 Å². The molecule has 0 bridgehead atoms. The molecule has 2 amide bonds. The van der Waals surface area contributed by atoms with Crippen LogP contribution in [0.2, 0.25) is 0 Å². The average molecular weight is 335 g/mol. The third kappa shape index (κ3) is 4.71. The van der Waals surface area contributed by atoms with E-state index < -0.39 is 0 Å². The van der Waals surface area contributed by atoms with Gasteiger partial charge in [-0.05, 0) is 57.4 Å². The van der Waals surface area contributed by atoms with Crippen molar-refractivity contribution < 1.29 is 9.59 Å². The second-order valence-electron chi connectivity index (χ2n) is 7.77. The largest absolute Gasteiger partial charge is 0.355 e. The van der Waals surface area contributed by atoms with Crippen molar-refractivity contribution in [1.29, 1.82) is 0 Å². The van der Waals surface area contributed by atoms with Gasteiger partial charge in [0.15, 0.2) is 0 Å². The number of amides is 2. The Hall–Kier alpha value is -1.10. The number of carbonyl (C=O) groups is 2. The monoisotopic (exact) mass is 335 g/mol. The van der Waals surface area contributed by atoms with Gasteiger partial charge in [0.2, 0.25) is 11.8 Å². The van der Waals surface area contributed by atoms with Crippen molar-refractivity contribution in [2.75, 3.05) is 32.7 Å². The number of carbonyl (C=O) groups excluding carboxylic acids is 2. The molecule has 1 aliphatic carbocycles. The quantitative estimate of drug-likeness (QED) is 0.757. The highest BCUT2D eigenvalue weighted by molar-refractivity contribution is 5.78. The number of piperidine rings is 1. The van der Waals surface area contributed by atoms with Crippen molar-refractivity contribution in [2.24, 2.45) is 5.92 Å². The highest BCUT2D eigenvalue weighted by Gasteiger charge is 2.35. The van der Waals surface area contributed by atoms with Crippen LogP contribution in [0.25, 0.3) is 0 Å². The van der Waals surface area contributed by atoms with Gasteiger partial charge in [-0.25, -0.2) is 0 Å². The minimum atomic E-state index is 0.157. The first-order chi connectivity index (χ1) is 11.7. The molecule has 0 radical (unpaired) electrons. The summed E-state index contributed by atoms with van der Waals surface area (Å²) in [5.74, 6) is 1.28. The molecule has 0 aromatic heterocycles. The van der Waals surface area contributed by atoms with Gasteiger partial charge in [-0.1, -0.05) is 12.8 Å². The summed E-state index contributed by atoms with van der Waals surface area (Å²) in [6.07, 6.45) is 11.4. The van der Waals surface area contributed by atoms with Gasteiger partial charge in [-0.15, -0.1) is 0 Å². The van der Waals surface area contributed by atoms with E-state index in [9.17, 15) is 9.59 Å². The predicted octanol–water partition coefficient (Wildman–Crippen LogP) is 2.16. The maximum Gasteiger partial charge on any atom is 0.234 e. The Balaban J connectivity index is 1.33. The molecule has 0 unspecified atom stereocenters. The second kappa shape index (κ2) is 8.84. The standard InChI is InChI=1S/C19H33N3O2/c23-18(15-22-13-5-8-16-7-4-9-17(16)22)20-11-6-14-21-12-3-1-2-10-19(21)24/h16-17H,1-15H2,(H,20,23)/t16-,17+/m0/s1. The number of nitrogens with one attached hydrogen (secondary N) is 1. The molecule has 3 fully saturated rings. The molecule has 5 heteroatoms. The predicted molar refractivity (Wildman–Crippen MR) is 94.6 cm³/mol. The summed E-state index contributed by atoms with van der Waals surface area (Å²) in [6, 6.07) is 0.652. The highest BCUT2D eigenvalue weighted by Crippen LogP contribution is 2.36. The van der Waals surface area contributed by atoms with Gasteiger partial charge in [0, 0.05) is 32.1 Å². The van der Waals surface area contributed by atoms with E-state index in [0.717, 1.165) is 51.2 Å². The third-order valence-corrected chi connectivity index (χ3v) is 6.05. The molecule has 1 N–H and O–H groups in total. The first kappa shape index (κ1) is 17.7. The summed E-state index contributed by atoms with van der Waals surface area (Å²) < 4.78 is 0. The molecule has 2 heterocycles. The second-order valence-corrected chi connectivity index (χ2v) is 7.77. The van der Waals surface area contributed by atoms with Gasteiger partial charge in [0.1, 0.15) is 0 Å². The van der Waals surface area contributed by atoms with Crippen molar-refractivity contribution in [3.8, 4) is 0 Å². The van der Waals surface area contributed by atoms with E-state index in [-0.39, 0.29) is 5.91 Å². The Morgan fingerprint density at radius 3 is 2.83 bits per heavy atom. The fourth-order valence-corrected chi connectivity index (χ4v) is 4.77. The lowest BCUT2D eigenvalue weighted by Crippen LogP contribution is -2.47. The van der Waals surface area contributed by atoms with E-state index in [1.54, 1.807) is 0 Å². The fourth-order valence-electron chi connectivity index (χ4n) is 4.77. The van der Waals surface area contributed by atoms with E-state index in [0.29, 0.717) is 31.5 Å². The maximum atomic E-state index is 12.2. The summed E-state index contributed by atoms with van der Waals surface area (Å²) in [5, 5.41) is 3.06. The molecule has 2 aliphatic heterocycles. The van der Waals surface area contributed by atoms with Crippen LogP contribution in [0.3, 0.4) is 0 Å². The lowest BCUT2D eigenvalue weighted by atomic mass is 9.92. The molecule has 24 heavy (non-hydrogen) atoms. The number of nitrogens with zero attached hydrogens (tertiary/aromatic N) is 2. The fraction of sp³-hybridized carbons (Fsp3) is 0.895. The van der Waals surface area contributed by atoms with Crippen molar-refractivity contribution in [2.45, 2.75) is 70.3 Å². The van der Waals surface area contributed by atoms with Crippen LogP contribution in [0.4, 0.5) is 0 Å². The third-order valence-electron chi connectivity index (χ3n) is 6.05. The van der Waals surface area contributed by atoms with Crippen LogP contribution >= 0.6 is 0 Å². The van der Waals surface area contributed by atoms with Crippen LogP contribution < -0.4 is 5.32 Å². The molecule has 0 aromatic carbocycles. The molecule has 3 rings (SSSR count). The van der Waals surface area contributed by atoms with Crippen LogP contribution in [0.15, 0.2) is 0 Å². The number of fused-ring (bicyclic) bond motifs is 1. The van der Waals surface area contributed by atoms with E-state index in [1.807, 2.05) is 4.90 Å². The Morgan fingerprint density at radius 2 is 1.92 bits per heavy atom. The van der Waals surface area contributed by atoms with Gasteiger partial charge in [0.25, 0.3) is 0 Å². The number of rotatable bonds is 6. The molecule has 2 saturated heterocycles. The number of likely N-dealkylation sites (tertiary alicyclic amines) is 2. The van der Waals surface area contributed by atoms with E-state index in [4.69, 9.17) is 0 Å². The lowest BCUT2D eigenvalue weighted by molar-refractivity contribution is -0.130. The summed E-state index contributed by atoms with van der Waals surface area (Å²) in [4.78, 5) is 28.6. The van der Waals surface area contributed by atoms with E-state index >= 15 is 0 Å². The van der Waals surface area contributed by atoms with Crippen molar-refractivity contribution in [1.82, 2.24) is 15.1 Å². The van der Waals surface area contributed by atoms with Crippen molar-refractivity contribution in [3.05, 3.63) is 0 Å². The summed E-state index contributed by atoms with van der Waals surface area (Å²) in [6.45, 7) is 4.00. The zero-order valence-corrected chi connectivity index (χ0v) is 15.0. The van der Waals surface area contributed by atoms with Crippen molar-refractivity contribution in [3.63, 3.8) is 0 Å². The molecule has 0 spiro atoms. The van der Waals surface area contributed by atoms with E-state index in [1.165, 1.54) is 32.1 Å². The molecule has 1 saturated carbocycles. The molecule has 136 valence electrons. The van der Waals surface area contributed by atoms with E-state index in [2.05, 4.69) is 10.2 Å². The first-order valence-electron chi connectivity index (χ1n) is 10.0. The topological polar surface area (TPSA) is 52.7 Å². The number of hydrogen-bond donors (Lipinski definition) is 1. The van der Waals surface area contributed by atoms with Crippen LogP contribution in [0, 0.1) is 5.92 Å². The number of hydrogen-bond acceptors (Lipinski definition) is 3. The summed E-state index contributed by atoms with van der Waals surface area (Å²) >= 11 is 0. The lowest BCUT2D eigenvalue weighted by Gasteiger charge is -2.37. The zero-order chi connectivity index (χ0) is 16.8. The van der Waals surface area contributed by atoms with Gasteiger partial charge >= 0.3 is 0 Å². The summed E-state index contributed by atoms with van der Waals surface area (Å²) in [5.41, 5.74) is 0. The molecular weight excluding hydrogens is 302 g/mol. The molecule has 3 aliphatic rings. The minimum Gasteiger partial charge on any atom is -0.355 e. The zero-order valence-electron chi connectivity index (χ0n) is 15.0. The maximum absolute atomic E-state index is 12.2. The van der Waals surface area contributed by atoms with Gasteiger partial charge in [-0.3, -0.25) is 14.5 Å². The molecule has 2 atom stereocenters.